The molecule has 1 N–H and O–H groups in total. The van der Waals surface area contributed by atoms with Gasteiger partial charge in [0.1, 0.15) is 11.9 Å². The number of halogens is 1. The first-order chi connectivity index (χ1) is 13.6. The zero-order valence-corrected chi connectivity index (χ0v) is 15.2. The Bertz CT molecular complexity index is 875. The van der Waals surface area contributed by atoms with E-state index in [1.54, 1.807) is 29.2 Å². The lowest BCUT2D eigenvalue weighted by molar-refractivity contribution is 0.129. The Morgan fingerprint density at radius 1 is 1.39 bits per heavy atom. The van der Waals surface area contributed by atoms with Crippen molar-refractivity contribution < 1.29 is 13.9 Å². The molecule has 0 radical (unpaired) electrons. The predicted molar refractivity (Wildman–Crippen MR) is 99.8 cm³/mol. The number of hydrogen-bond acceptors (Lipinski definition) is 7. The van der Waals surface area contributed by atoms with E-state index in [4.69, 9.17) is 11.2 Å². The van der Waals surface area contributed by atoms with Crippen LogP contribution in [0.1, 0.15) is 0 Å². The largest absolute Gasteiger partial charge is 0.442 e. The third-order valence-corrected chi connectivity index (χ3v) is 4.73. The number of nitrogens with one attached hydrogen (secondary N) is 1. The number of aromatic nitrogens is 3. The second-order valence-corrected chi connectivity index (χ2v) is 6.58. The van der Waals surface area contributed by atoms with Crippen molar-refractivity contribution in [2.75, 3.05) is 42.6 Å². The average Bonchev–Trinajstić information content (AvgIpc) is 3.32. The smallest absolute Gasteiger partial charge is 0.414 e. The monoisotopic (exact) mass is 385 g/mol. The number of carbonyl (C=O) groups is 1. The van der Waals surface area contributed by atoms with Gasteiger partial charge in [0.15, 0.2) is 0 Å². The van der Waals surface area contributed by atoms with E-state index >= 15 is 0 Å². The molecule has 1 aromatic heterocycles. The molecule has 1 aromatic carbocycles. The Kier molecular flexibility index (Phi) is 5.10. The molecule has 3 heterocycles. The lowest BCUT2D eigenvalue weighted by Crippen LogP contribution is -2.54. The lowest BCUT2D eigenvalue weighted by Gasteiger charge is -2.36. The topological polar surface area (TPSA) is 78.8 Å². The minimum atomic E-state index is -0.498. The lowest BCUT2D eigenvalue weighted by atomic mass is 10.2. The van der Waals surface area contributed by atoms with Gasteiger partial charge in [-0.25, -0.2) is 24.3 Å². The molecule has 2 aliphatic rings. The van der Waals surface area contributed by atoms with Crippen molar-refractivity contribution in [3.05, 3.63) is 36.4 Å². The maximum atomic E-state index is 14.7. The number of cyclic esters (lactones) is 1. The van der Waals surface area contributed by atoms with Gasteiger partial charge in [0, 0.05) is 19.3 Å². The van der Waals surface area contributed by atoms with Crippen LogP contribution in [0.25, 0.3) is 0 Å². The zero-order chi connectivity index (χ0) is 19.5. The zero-order valence-electron chi connectivity index (χ0n) is 15.2. The summed E-state index contributed by atoms with van der Waals surface area (Å²) in [5.41, 5.74) is 4.09. The summed E-state index contributed by atoms with van der Waals surface area (Å²) in [5, 5.41) is 9.51. The van der Waals surface area contributed by atoms with Crippen molar-refractivity contribution in [2.24, 2.45) is 0 Å². The van der Waals surface area contributed by atoms with Gasteiger partial charge in [0.2, 0.25) is 0 Å². The van der Waals surface area contributed by atoms with Crippen LogP contribution >= 0.6 is 0 Å². The van der Waals surface area contributed by atoms with E-state index < -0.39 is 11.9 Å². The molecule has 2 saturated heterocycles. The summed E-state index contributed by atoms with van der Waals surface area (Å²) in [4.78, 5) is 15.5. The standard InChI is InChI=1S/C18H20FN7O2/c1-2-6-24-9-8-23(13-21-24)17-4-3-14(10-16(17)19)26-12-15(28-18(26)27)11-25-7-5-20-22-25/h1,3-5,7,10,15,21H,6,8-9,11-13H2/t15-/m0/s1. The first kappa shape index (κ1) is 18.2. The Balaban J connectivity index is 1.42. The van der Waals surface area contributed by atoms with Crippen LogP contribution in [-0.4, -0.2) is 65.0 Å². The van der Waals surface area contributed by atoms with Gasteiger partial charge in [-0.1, -0.05) is 11.1 Å². The molecule has 2 aromatic rings. The van der Waals surface area contributed by atoms with Gasteiger partial charge in [-0.2, -0.15) is 0 Å². The second-order valence-electron chi connectivity index (χ2n) is 6.58. The van der Waals surface area contributed by atoms with E-state index in [0.29, 0.717) is 50.8 Å². The average molecular weight is 385 g/mol. The fourth-order valence-corrected chi connectivity index (χ4v) is 3.32. The quantitative estimate of drug-likeness (QED) is 0.758. The summed E-state index contributed by atoms with van der Waals surface area (Å²) < 4.78 is 21.7. The normalized spacial score (nSPS) is 20.3. The van der Waals surface area contributed by atoms with E-state index in [1.165, 1.54) is 11.0 Å². The van der Waals surface area contributed by atoms with Crippen molar-refractivity contribution in [3.8, 4) is 12.3 Å². The Labute approximate surface area is 161 Å². The highest BCUT2D eigenvalue weighted by Crippen LogP contribution is 2.28. The molecule has 0 bridgehead atoms. The molecule has 146 valence electrons. The van der Waals surface area contributed by atoms with E-state index in [9.17, 15) is 9.18 Å². The SMILES string of the molecule is C#CCN1CCN(c2ccc(N3C[C@H](Cn4ccnn4)OC3=O)cc2F)CN1. The molecule has 0 saturated carbocycles. The van der Waals surface area contributed by atoms with Crippen molar-refractivity contribution in [3.63, 3.8) is 0 Å². The summed E-state index contributed by atoms with van der Waals surface area (Å²) in [5.74, 6) is 2.18. The first-order valence-electron chi connectivity index (χ1n) is 8.92. The van der Waals surface area contributed by atoms with Crippen LogP contribution < -0.4 is 15.2 Å². The predicted octanol–water partition coefficient (Wildman–Crippen LogP) is 0.660. The van der Waals surface area contributed by atoms with Gasteiger partial charge in [0.25, 0.3) is 0 Å². The highest BCUT2D eigenvalue weighted by molar-refractivity contribution is 5.90. The molecule has 28 heavy (non-hydrogen) atoms. The number of hydrogen-bond donors (Lipinski definition) is 1. The van der Waals surface area contributed by atoms with Crippen LogP contribution in [0.15, 0.2) is 30.6 Å². The maximum absolute atomic E-state index is 14.7. The van der Waals surface area contributed by atoms with Crippen LogP contribution in [-0.2, 0) is 11.3 Å². The number of amides is 1. The summed E-state index contributed by atoms with van der Waals surface area (Å²) in [6.07, 6.45) is 7.70. The molecular weight excluding hydrogens is 365 g/mol. The maximum Gasteiger partial charge on any atom is 0.414 e. The van der Waals surface area contributed by atoms with Gasteiger partial charge < -0.3 is 9.64 Å². The molecule has 2 aliphatic heterocycles. The minimum absolute atomic E-state index is 0.323. The van der Waals surface area contributed by atoms with Crippen LogP contribution in [0.3, 0.4) is 0 Å². The van der Waals surface area contributed by atoms with Gasteiger partial charge >= 0.3 is 6.09 Å². The fourth-order valence-electron chi connectivity index (χ4n) is 3.32. The van der Waals surface area contributed by atoms with Gasteiger partial charge in [-0.3, -0.25) is 4.90 Å². The number of rotatable bonds is 5. The van der Waals surface area contributed by atoms with E-state index in [1.807, 2.05) is 9.91 Å². The molecule has 1 amide bonds. The van der Waals surface area contributed by atoms with E-state index in [0.717, 1.165) is 0 Å². The highest BCUT2D eigenvalue weighted by Gasteiger charge is 2.33. The van der Waals surface area contributed by atoms with Crippen molar-refractivity contribution in [2.45, 2.75) is 12.6 Å². The summed E-state index contributed by atoms with van der Waals surface area (Å²) in [7, 11) is 0. The number of benzene rings is 1. The first-order valence-corrected chi connectivity index (χ1v) is 8.92. The van der Waals surface area contributed by atoms with Crippen molar-refractivity contribution in [1.82, 2.24) is 25.4 Å². The molecule has 0 unspecified atom stereocenters. The molecule has 0 aliphatic carbocycles. The third-order valence-electron chi connectivity index (χ3n) is 4.73. The number of hydrazine groups is 1. The van der Waals surface area contributed by atoms with Crippen LogP contribution in [0.5, 0.6) is 0 Å². The molecule has 0 spiro atoms. The Hall–Kier alpha value is -3.16. The van der Waals surface area contributed by atoms with Crippen molar-refractivity contribution >= 4 is 17.5 Å². The van der Waals surface area contributed by atoms with Crippen LogP contribution in [0.4, 0.5) is 20.6 Å². The minimum Gasteiger partial charge on any atom is -0.442 e. The molecule has 9 nitrogen and oxygen atoms in total. The van der Waals surface area contributed by atoms with E-state index in [2.05, 4.69) is 21.7 Å². The highest BCUT2D eigenvalue weighted by atomic mass is 19.1. The summed E-state index contributed by atoms with van der Waals surface area (Å²) in [6.45, 7) is 3.02. The molecule has 1 atom stereocenters. The van der Waals surface area contributed by atoms with Crippen molar-refractivity contribution in [1.29, 1.82) is 0 Å². The molecule has 4 rings (SSSR count). The van der Waals surface area contributed by atoms with Crippen LogP contribution in [0, 0.1) is 18.2 Å². The fraction of sp³-hybridized carbons (Fsp3) is 0.389. The van der Waals surface area contributed by atoms with Crippen LogP contribution in [0.2, 0.25) is 0 Å². The number of terminal acetylenes is 1. The van der Waals surface area contributed by atoms with E-state index in [-0.39, 0.29) is 6.10 Å². The summed E-state index contributed by atoms with van der Waals surface area (Å²) in [6, 6.07) is 4.77. The molecule has 10 heteroatoms. The Morgan fingerprint density at radius 3 is 2.96 bits per heavy atom. The molecular formula is C18H20FN7O2. The summed E-state index contributed by atoms with van der Waals surface area (Å²) >= 11 is 0. The van der Waals surface area contributed by atoms with Gasteiger partial charge in [0.05, 0.1) is 43.9 Å². The number of nitrogens with zero attached hydrogens (tertiary/aromatic N) is 6. The van der Waals surface area contributed by atoms with Gasteiger partial charge in [-0.05, 0) is 18.2 Å². The second kappa shape index (κ2) is 7.84. The Morgan fingerprint density at radius 2 is 2.29 bits per heavy atom. The van der Waals surface area contributed by atoms with Gasteiger partial charge in [-0.15, -0.1) is 11.5 Å². The number of ether oxygens (including phenoxy) is 1. The number of carbonyl (C=O) groups excluding carboxylic acids is 1. The molecule has 2 fully saturated rings. The third kappa shape index (κ3) is 3.76. The number of anilines is 2.